The Labute approximate surface area is 215 Å². The molecule has 0 spiro atoms. The molecule has 0 aliphatic carbocycles. The Balaban J connectivity index is 1.50. The molecule has 1 amide bonds. The van der Waals surface area contributed by atoms with Gasteiger partial charge in [-0.25, -0.2) is 17.2 Å². The van der Waals surface area contributed by atoms with Gasteiger partial charge in [0.15, 0.2) is 9.84 Å². The first-order valence-electron chi connectivity index (χ1n) is 12.2. The number of amides is 1. The fourth-order valence-electron chi connectivity index (χ4n) is 4.68. The second kappa shape index (κ2) is 11.5. The molecular formula is C28H30F2N2O4S. The number of sulfone groups is 1. The van der Waals surface area contributed by atoms with E-state index in [-0.39, 0.29) is 29.2 Å². The fraction of sp³-hybridized carbons (Fsp3) is 0.321. The first-order chi connectivity index (χ1) is 17.7. The van der Waals surface area contributed by atoms with Gasteiger partial charge in [-0.15, -0.1) is 0 Å². The number of hydrogen-bond donors (Lipinski definition) is 3. The van der Waals surface area contributed by atoms with E-state index >= 15 is 0 Å². The van der Waals surface area contributed by atoms with Gasteiger partial charge in [0.2, 0.25) is 5.91 Å². The fourth-order valence-corrected chi connectivity index (χ4v) is 6.49. The number of hydrogen-bond acceptors (Lipinski definition) is 5. The van der Waals surface area contributed by atoms with Crippen LogP contribution in [-0.4, -0.2) is 43.9 Å². The summed E-state index contributed by atoms with van der Waals surface area (Å²) in [6.45, 7) is 2.64. The second-order valence-electron chi connectivity index (χ2n) is 9.34. The Morgan fingerprint density at radius 1 is 1.00 bits per heavy atom. The lowest BCUT2D eigenvalue weighted by atomic mass is 9.97. The van der Waals surface area contributed by atoms with Gasteiger partial charge in [-0.2, -0.15) is 0 Å². The number of carbonyl (C=O) groups excluding carboxylic acids is 1. The molecule has 1 unspecified atom stereocenters. The summed E-state index contributed by atoms with van der Waals surface area (Å²) >= 11 is 0. The van der Waals surface area contributed by atoms with Crippen LogP contribution in [0, 0.1) is 11.6 Å². The monoisotopic (exact) mass is 528 g/mol. The highest BCUT2D eigenvalue weighted by Crippen LogP contribution is 2.35. The maximum absolute atomic E-state index is 13.8. The summed E-state index contributed by atoms with van der Waals surface area (Å²) in [4.78, 5) is 13.4. The smallest absolute Gasteiger partial charge is 0.228 e. The van der Waals surface area contributed by atoms with Gasteiger partial charge < -0.3 is 15.7 Å². The maximum Gasteiger partial charge on any atom is 0.228 e. The first kappa shape index (κ1) is 26.9. The average molecular weight is 529 g/mol. The number of aryl methyl sites for hydroxylation is 1. The molecule has 0 saturated carbocycles. The Kier molecular flexibility index (Phi) is 8.36. The van der Waals surface area contributed by atoms with Crippen molar-refractivity contribution >= 4 is 15.7 Å². The maximum atomic E-state index is 13.8. The van der Waals surface area contributed by atoms with Crippen LogP contribution in [0.2, 0.25) is 0 Å². The lowest BCUT2D eigenvalue weighted by Crippen LogP contribution is -2.50. The van der Waals surface area contributed by atoms with Gasteiger partial charge in [-0.1, -0.05) is 49.4 Å². The molecule has 3 atom stereocenters. The number of fused-ring (bicyclic) bond motifs is 1. The summed E-state index contributed by atoms with van der Waals surface area (Å²) < 4.78 is 52.7. The topological polar surface area (TPSA) is 95.5 Å². The van der Waals surface area contributed by atoms with Crippen molar-refractivity contribution in [3.8, 4) is 0 Å². The Bertz CT molecular complexity index is 1360. The van der Waals surface area contributed by atoms with E-state index in [1.807, 2.05) is 18.2 Å². The molecule has 0 radical (unpaired) electrons. The summed E-state index contributed by atoms with van der Waals surface area (Å²) in [5, 5.41) is 16.9. The van der Waals surface area contributed by atoms with Crippen LogP contribution >= 0.6 is 0 Å². The number of nitrogens with one attached hydrogen (secondary N) is 2. The zero-order chi connectivity index (χ0) is 26.6. The summed E-state index contributed by atoms with van der Waals surface area (Å²) in [5.41, 5.74) is 2.88. The minimum atomic E-state index is -3.61. The van der Waals surface area contributed by atoms with Gasteiger partial charge in [-0.05, 0) is 53.3 Å². The molecule has 1 aliphatic heterocycles. The third kappa shape index (κ3) is 6.60. The van der Waals surface area contributed by atoms with Crippen LogP contribution in [0.4, 0.5) is 8.78 Å². The number of rotatable bonds is 10. The highest BCUT2D eigenvalue weighted by Gasteiger charge is 2.39. The number of carbonyl (C=O) groups is 1. The summed E-state index contributed by atoms with van der Waals surface area (Å²) in [6, 6.07) is 16.5. The van der Waals surface area contributed by atoms with Crippen LogP contribution in [-0.2, 0) is 34.0 Å². The Morgan fingerprint density at radius 3 is 2.43 bits per heavy atom. The van der Waals surface area contributed by atoms with E-state index in [9.17, 15) is 27.1 Å². The molecule has 1 heterocycles. The van der Waals surface area contributed by atoms with Gasteiger partial charge in [-0.3, -0.25) is 4.79 Å². The Morgan fingerprint density at radius 2 is 1.70 bits per heavy atom. The highest BCUT2D eigenvalue weighted by atomic mass is 32.2. The van der Waals surface area contributed by atoms with Crippen molar-refractivity contribution < 1.29 is 27.1 Å². The Hall–Kier alpha value is -3.14. The zero-order valence-electron chi connectivity index (χ0n) is 20.5. The van der Waals surface area contributed by atoms with Crippen LogP contribution in [0.25, 0.3) is 0 Å². The van der Waals surface area contributed by atoms with E-state index in [1.54, 1.807) is 18.2 Å². The lowest BCUT2D eigenvalue weighted by molar-refractivity contribution is -0.123. The highest BCUT2D eigenvalue weighted by molar-refractivity contribution is 7.91. The van der Waals surface area contributed by atoms with Gasteiger partial charge >= 0.3 is 0 Å². The minimum absolute atomic E-state index is 0.0459. The van der Waals surface area contributed by atoms with Crippen LogP contribution < -0.4 is 10.6 Å². The SMILES string of the molecule is CCc1cccc(CNC[C@H](O)[C@H](Cc2cc(F)cc(F)c2)NC(=O)C2CS(=O)(=O)c3ccccc32)c1. The van der Waals surface area contributed by atoms with Gasteiger partial charge in [0, 0.05) is 19.2 Å². The molecule has 6 nitrogen and oxygen atoms in total. The van der Waals surface area contributed by atoms with Crippen LogP contribution in [0.1, 0.15) is 35.1 Å². The van der Waals surface area contributed by atoms with E-state index in [0.717, 1.165) is 30.2 Å². The normalized spacial score (nSPS) is 17.7. The molecule has 3 N–H and O–H groups in total. The van der Waals surface area contributed by atoms with Crippen molar-refractivity contribution in [2.75, 3.05) is 12.3 Å². The molecule has 0 fully saturated rings. The average Bonchev–Trinajstić information content (AvgIpc) is 3.14. The van der Waals surface area contributed by atoms with Crippen LogP contribution in [0.5, 0.6) is 0 Å². The molecule has 4 rings (SSSR count). The molecule has 0 bridgehead atoms. The van der Waals surface area contributed by atoms with Crippen molar-refractivity contribution in [2.45, 2.75) is 49.3 Å². The van der Waals surface area contributed by atoms with Crippen LogP contribution in [0.15, 0.2) is 71.6 Å². The molecule has 37 heavy (non-hydrogen) atoms. The molecule has 196 valence electrons. The van der Waals surface area contributed by atoms with E-state index in [2.05, 4.69) is 23.6 Å². The van der Waals surface area contributed by atoms with Crippen molar-refractivity contribution in [2.24, 2.45) is 0 Å². The van der Waals surface area contributed by atoms with Crippen molar-refractivity contribution in [1.29, 1.82) is 0 Å². The molecule has 9 heteroatoms. The zero-order valence-corrected chi connectivity index (χ0v) is 21.3. The van der Waals surface area contributed by atoms with Crippen molar-refractivity contribution in [1.82, 2.24) is 10.6 Å². The lowest BCUT2D eigenvalue weighted by Gasteiger charge is -2.26. The molecule has 0 aromatic heterocycles. The summed E-state index contributed by atoms with van der Waals surface area (Å²) in [6.07, 6.45) is -0.261. The molecule has 3 aromatic carbocycles. The third-order valence-electron chi connectivity index (χ3n) is 6.58. The van der Waals surface area contributed by atoms with Crippen molar-refractivity contribution in [3.05, 3.63) is 101 Å². The predicted octanol–water partition coefficient (Wildman–Crippen LogP) is 3.28. The summed E-state index contributed by atoms with van der Waals surface area (Å²) in [5.74, 6) is -3.41. The number of benzene rings is 3. The first-order valence-corrected chi connectivity index (χ1v) is 13.8. The number of aliphatic hydroxyl groups excluding tert-OH is 1. The van der Waals surface area contributed by atoms with Gasteiger partial charge in [0.1, 0.15) is 11.6 Å². The number of halogens is 2. The van der Waals surface area contributed by atoms with E-state index in [4.69, 9.17) is 0 Å². The van der Waals surface area contributed by atoms with Gasteiger partial charge in [0.25, 0.3) is 0 Å². The predicted molar refractivity (Wildman–Crippen MR) is 137 cm³/mol. The molecular weight excluding hydrogens is 498 g/mol. The van der Waals surface area contributed by atoms with E-state index in [1.165, 1.54) is 11.6 Å². The molecule has 0 saturated heterocycles. The molecule has 3 aromatic rings. The standard InChI is InChI=1S/C28H30F2N2O4S/c1-2-18-6-5-7-19(10-18)15-31-16-26(33)25(13-20-11-21(29)14-22(30)12-20)32-28(34)24-17-37(35,36)27-9-4-3-8-23(24)27/h3-12,14,24-26,31,33H,2,13,15-17H2,1H3,(H,32,34)/t24?,25-,26-/m0/s1. The van der Waals surface area contributed by atoms with Gasteiger partial charge in [0.05, 0.1) is 28.7 Å². The quantitative estimate of drug-likeness (QED) is 0.376. The number of aliphatic hydroxyl groups is 1. The summed E-state index contributed by atoms with van der Waals surface area (Å²) in [7, 11) is -3.61. The second-order valence-corrected chi connectivity index (χ2v) is 11.3. The van der Waals surface area contributed by atoms with E-state index in [0.29, 0.717) is 12.1 Å². The van der Waals surface area contributed by atoms with Crippen LogP contribution in [0.3, 0.4) is 0 Å². The third-order valence-corrected chi connectivity index (χ3v) is 8.40. The van der Waals surface area contributed by atoms with E-state index < -0.39 is 45.4 Å². The largest absolute Gasteiger partial charge is 0.390 e. The minimum Gasteiger partial charge on any atom is -0.390 e. The van der Waals surface area contributed by atoms with Crippen molar-refractivity contribution in [3.63, 3.8) is 0 Å². The molecule has 1 aliphatic rings.